The Labute approximate surface area is 136 Å². The predicted molar refractivity (Wildman–Crippen MR) is 90.5 cm³/mol. The second kappa shape index (κ2) is 6.17. The molecule has 0 radical (unpaired) electrons. The Balaban J connectivity index is 2.14. The summed E-state index contributed by atoms with van der Waals surface area (Å²) in [6.07, 6.45) is 1.80. The van der Waals surface area contributed by atoms with Gasteiger partial charge in [-0.25, -0.2) is 4.99 Å². The van der Waals surface area contributed by atoms with Gasteiger partial charge in [0.2, 0.25) is 17.7 Å². The average molecular weight is 329 g/mol. The number of nitrogen functional groups attached to an aromatic ring is 1. The summed E-state index contributed by atoms with van der Waals surface area (Å²) in [7, 11) is 1.63. The summed E-state index contributed by atoms with van der Waals surface area (Å²) in [5.74, 6) is 0.793. The van der Waals surface area contributed by atoms with E-state index in [1.807, 2.05) is 25.1 Å². The van der Waals surface area contributed by atoms with Crippen LogP contribution < -0.4 is 16.3 Å². The molecule has 8 heteroatoms. The predicted octanol–water partition coefficient (Wildman–Crippen LogP) is 0.662. The van der Waals surface area contributed by atoms with Gasteiger partial charge in [-0.3, -0.25) is 4.99 Å². The van der Waals surface area contributed by atoms with E-state index in [2.05, 4.69) is 20.0 Å². The average Bonchev–Trinajstić information content (AvgIpc) is 2.85. The van der Waals surface area contributed by atoms with Gasteiger partial charge in [0.05, 0.1) is 22.4 Å². The van der Waals surface area contributed by atoms with Crippen molar-refractivity contribution < 1.29 is 9.84 Å². The molecule has 0 aliphatic carbocycles. The van der Waals surface area contributed by atoms with E-state index >= 15 is 0 Å². The molecule has 7 nitrogen and oxygen atoms in total. The van der Waals surface area contributed by atoms with Gasteiger partial charge in [0.25, 0.3) is 0 Å². The monoisotopic (exact) mass is 329 g/mol. The lowest BCUT2D eigenvalue weighted by Gasteiger charge is -2.11. The molecule has 3 rings (SSSR count). The van der Waals surface area contributed by atoms with Gasteiger partial charge >= 0.3 is 0 Å². The van der Waals surface area contributed by atoms with Crippen molar-refractivity contribution in [3.63, 3.8) is 0 Å². The highest BCUT2D eigenvalue weighted by Gasteiger charge is 2.14. The summed E-state index contributed by atoms with van der Waals surface area (Å²) in [5.41, 5.74) is 6.38. The van der Waals surface area contributed by atoms with Crippen LogP contribution in [0.15, 0.2) is 33.2 Å². The highest BCUT2D eigenvalue weighted by atomic mass is 32.1. The molecule has 1 aromatic heterocycles. The van der Waals surface area contributed by atoms with Crippen molar-refractivity contribution in [1.82, 2.24) is 4.98 Å². The van der Waals surface area contributed by atoms with Crippen molar-refractivity contribution >= 4 is 34.4 Å². The lowest BCUT2D eigenvalue weighted by atomic mass is 10.1. The number of rotatable bonds is 2. The number of aromatic nitrogens is 1. The largest absolute Gasteiger partial charge is 0.492 e. The Bertz CT molecular complexity index is 930. The Morgan fingerprint density at radius 2 is 2.22 bits per heavy atom. The van der Waals surface area contributed by atoms with E-state index in [1.165, 1.54) is 11.3 Å². The summed E-state index contributed by atoms with van der Waals surface area (Å²) in [6.45, 7) is 2.39. The Morgan fingerprint density at radius 3 is 2.87 bits per heavy atom. The third-order valence-corrected chi connectivity index (χ3v) is 3.92. The van der Waals surface area contributed by atoms with Crippen LogP contribution in [0, 0.1) is 0 Å². The number of nitrogens with two attached hydrogens (primary N) is 1. The van der Waals surface area contributed by atoms with Crippen LogP contribution in [0.1, 0.15) is 17.4 Å². The van der Waals surface area contributed by atoms with Crippen molar-refractivity contribution in [3.8, 4) is 5.88 Å². The molecular formula is C15H15N5O2S. The van der Waals surface area contributed by atoms with E-state index in [0.29, 0.717) is 28.5 Å². The van der Waals surface area contributed by atoms with Crippen molar-refractivity contribution in [2.24, 2.45) is 15.0 Å². The molecule has 2 heterocycles. The number of hydrogen-bond donors (Lipinski definition) is 2. The Hall–Kier alpha value is -2.74. The van der Waals surface area contributed by atoms with E-state index < -0.39 is 0 Å². The lowest BCUT2D eigenvalue weighted by Crippen LogP contribution is -2.27. The van der Waals surface area contributed by atoms with E-state index in [1.54, 1.807) is 13.1 Å². The van der Waals surface area contributed by atoms with Gasteiger partial charge < -0.3 is 15.6 Å². The molecule has 0 saturated heterocycles. The molecule has 0 atom stereocenters. The number of hydrogen-bond acceptors (Lipinski definition) is 6. The summed E-state index contributed by atoms with van der Waals surface area (Å²) < 4.78 is 5.59. The smallest absolute Gasteiger partial charge is 0.248 e. The molecule has 2 aromatic rings. The molecule has 1 aromatic carbocycles. The van der Waals surface area contributed by atoms with Crippen LogP contribution in [0.3, 0.4) is 0 Å². The minimum Gasteiger partial charge on any atom is -0.492 e. The number of fused-ring (bicyclic) bond motifs is 1. The molecule has 0 amide bonds. The number of guanidine groups is 1. The number of nitrogens with zero attached hydrogens (tertiary/aromatic N) is 4. The zero-order valence-corrected chi connectivity index (χ0v) is 13.5. The molecule has 1 aliphatic heterocycles. The van der Waals surface area contributed by atoms with Gasteiger partial charge in [0.15, 0.2) is 5.13 Å². The molecule has 23 heavy (non-hydrogen) atoms. The molecule has 0 bridgehead atoms. The molecule has 3 N–H and O–H groups in total. The first-order chi connectivity index (χ1) is 11.1. The van der Waals surface area contributed by atoms with Crippen LogP contribution in [0.5, 0.6) is 5.88 Å². The Kier molecular flexibility index (Phi) is 4.07. The van der Waals surface area contributed by atoms with E-state index in [4.69, 9.17) is 10.5 Å². The first-order valence-corrected chi connectivity index (χ1v) is 7.76. The third-order valence-electron chi connectivity index (χ3n) is 3.10. The molecular weight excluding hydrogens is 314 g/mol. The number of aromatic hydroxyl groups is 1. The number of ether oxygens (including phenoxy) is 1. The van der Waals surface area contributed by atoms with Crippen molar-refractivity contribution in [1.29, 1.82) is 0 Å². The summed E-state index contributed by atoms with van der Waals surface area (Å²) in [5, 5.41) is 11.7. The fraction of sp³-hybridized carbons (Fsp3) is 0.200. The number of anilines is 1. The maximum atomic E-state index is 9.74. The van der Waals surface area contributed by atoms with Crippen molar-refractivity contribution in [2.45, 2.75) is 6.92 Å². The third kappa shape index (κ3) is 3.07. The highest BCUT2D eigenvalue weighted by molar-refractivity contribution is 7.16. The zero-order chi connectivity index (χ0) is 16.4. The minimum absolute atomic E-state index is 0.0750. The summed E-state index contributed by atoms with van der Waals surface area (Å²) in [4.78, 5) is 17.0. The maximum absolute atomic E-state index is 9.74. The molecule has 0 spiro atoms. The second-order valence-corrected chi connectivity index (χ2v) is 5.71. The fourth-order valence-electron chi connectivity index (χ4n) is 2.13. The highest BCUT2D eigenvalue weighted by Crippen LogP contribution is 2.25. The molecule has 0 saturated carbocycles. The lowest BCUT2D eigenvalue weighted by molar-refractivity contribution is 0.328. The fourth-order valence-corrected chi connectivity index (χ4v) is 2.82. The second-order valence-electron chi connectivity index (χ2n) is 4.65. The number of aliphatic imine (C=N–C) groups is 2. The summed E-state index contributed by atoms with van der Waals surface area (Å²) in [6, 6.07) is 5.65. The minimum atomic E-state index is -0.0750. The SMILES string of the molecule is CCOC1=NC(=NC)N=c2cc/c(=C\c3sc(N)nc3O)cc21. The van der Waals surface area contributed by atoms with Gasteiger partial charge in [0, 0.05) is 7.05 Å². The molecule has 1 aliphatic rings. The van der Waals surface area contributed by atoms with E-state index in [-0.39, 0.29) is 5.88 Å². The zero-order valence-electron chi connectivity index (χ0n) is 12.6. The van der Waals surface area contributed by atoms with Gasteiger partial charge in [-0.05, 0) is 30.4 Å². The summed E-state index contributed by atoms with van der Waals surface area (Å²) >= 11 is 1.22. The van der Waals surface area contributed by atoms with Crippen LogP contribution >= 0.6 is 11.3 Å². The van der Waals surface area contributed by atoms with Gasteiger partial charge in [-0.1, -0.05) is 17.4 Å². The molecule has 118 valence electrons. The number of benzene rings is 1. The van der Waals surface area contributed by atoms with Gasteiger partial charge in [-0.15, -0.1) is 0 Å². The van der Waals surface area contributed by atoms with E-state index in [0.717, 1.165) is 16.1 Å². The maximum Gasteiger partial charge on any atom is 0.248 e. The van der Waals surface area contributed by atoms with Crippen LogP contribution in [0.25, 0.3) is 6.08 Å². The van der Waals surface area contributed by atoms with Crippen molar-refractivity contribution in [2.75, 3.05) is 19.4 Å². The Morgan fingerprint density at radius 1 is 1.39 bits per heavy atom. The van der Waals surface area contributed by atoms with E-state index in [9.17, 15) is 5.11 Å². The normalized spacial score (nSPS) is 16.0. The topological polar surface area (TPSA) is 105 Å². The standard InChI is InChI=1S/C15H15N5O2S/c1-3-22-13-9-6-8(7-11-12(21)19-14(16)23-11)4-5-10(9)18-15(17-2)20-13/h4-7,21H,3H2,1-2H3,(H2,16,19)/b8-7+,17-15?. The van der Waals surface area contributed by atoms with Crippen LogP contribution in [-0.4, -0.2) is 35.6 Å². The first-order valence-electron chi connectivity index (χ1n) is 6.95. The van der Waals surface area contributed by atoms with Gasteiger partial charge in [-0.2, -0.15) is 9.98 Å². The van der Waals surface area contributed by atoms with Crippen LogP contribution in [0.2, 0.25) is 0 Å². The van der Waals surface area contributed by atoms with Crippen molar-refractivity contribution in [3.05, 3.63) is 39.2 Å². The van der Waals surface area contributed by atoms with Crippen LogP contribution in [0.4, 0.5) is 5.13 Å². The number of thiazole rings is 1. The quantitative estimate of drug-likeness (QED) is 0.844. The molecule has 0 unspecified atom stereocenters. The van der Waals surface area contributed by atoms with Gasteiger partial charge in [0.1, 0.15) is 0 Å². The first kappa shape index (κ1) is 15.2. The van der Waals surface area contributed by atoms with Crippen LogP contribution in [-0.2, 0) is 4.74 Å². The molecule has 0 fully saturated rings.